The number of halogens is 1. The van der Waals surface area contributed by atoms with Crippen molar-refractivity contribution in [2.45, 2.75) is 30.4 Å². The van der Waals surface area contributed by atoms with Crippen molar-refractivity contribution in [2.24, 2.45) is 0 Å². The number of likely N-dealkylation sites (N-methyl/N-ethyl adjacent to an activating group) is 1. The summed E-state index contributed by atoms with van der Waals surface area (Å²) in [5.74, 6) is 0.901. The first-order valence-electron chi connectivity index (χ1n) is 10.6. The summed E-state index contributed by atoms with van der Waals surface area (Å²) in [6.45, 7) is 4.30. The third kappa shape index (κ3) is 4.21. The van der Waals surface area contributed by atoms with Crippen LogP contribution < -0.4 is 9.64 Å². The van der Waals surface area contributed by atoms with E-state index in [4.69, 9.17) is 16.3 Å². The van der Waals surface area contributed by atoms with Crippen LogP contribution in [0.15, 0.2) is 30.6 Å². The number of hydrogen-bond donors (Lipinski definition) is 0. The number of fused-ring (bicyclic) bond motifs is 2. The Labute approximate surface area is 193 Å². The van der Waals surface area contributed by atoms with Gasteiger partial charge in [-0.3, -0.25) is 9.69 Å². The molecular weight excluding hydrogens is 452 g/mol. The normalized spacial score (nSPS) is 19.2. The van der Waals surface area contributed by atoms with Gasteiger partial charge >= 0.3 is 0 Å². The van der Waals surface area contributed by atoms with Crippen LogP contribution in [0.3, 0.4) is 0 Å². The zero-order chi connectivity index (χ0) is 23.1. The van der Waals surface area contributed by atoms with Crippen molar-refractivity contribution >= 4 is 33.0 Å². The number of hydrogen-bond acceptors (Lipinski definition) is 7. The van der Waals surface area contributed by atoms with E-state index in [1.807, 2.05) is 25.2 Å². The van der Waals surface area contributed by atoms with Gasteiger partial charge in [0.15, 0.2) is 15.6 Å². The summed E-state index contributed by atoms with van der Waals surface area (Å²) in [5, 5.41) is -0.101. The van der Waals surface area contributed by atoms with E-state index in [1.54, 1.807) is 11.8 Å². The molecule has 1 amide bonds. The molecule has 1 fully saturated rings. The Hall–Kier alpha value is -2.23. The molecule has 0 aliphatic carbocycles. The summed E-state index contributed by atoms with van der Waals surface area (Å²) in [6.07, 6.45) is 5.65. The van der Waals surface area contributed by atoms with E-state index < -0.39 is 20.5 Å². The first kappa shape index (κ1) is 22.9. The Balaban J connectivity index is 1.32. The van der Waals surface area contributed by atoms with Crippen LogP contribution in [-0.4, -0.2) is 68.7 Å². The fraction of sp³-hybridized carbons (Fsp3) is 0.500. The van der Waals surface area contributed by atoms with Gasteiger partial charge in [-0.15, -0.1) is 0 Å². The number of aromatic nitrogens is 2. The van der Waals surface area contributed by atoms with Crippen LogP contribution in [0.2, 0.25) is 5.02 Å². The van der Waals surface area contributed by atoms with Crippen LogP contribution >= 0.6 is 11.6 Å². The molecule has 3 heterocycles. The second-order valence-electron chi connectivity index (χ2n) is 8.55. The number of likely N-dealkylation sites (tertiary alicyclic amines) is 1. The van der Waals surface area contributed by atoms with Crippen molar-refractivity contribution in [1.82, 2.24) is 14.9 Å². The van der Waals surface area contributed by atoms with Crippen molar-refractivity contribution in [3.8, 4) is 5.75 Å². The van der Waals surface area contributed by atoms with Gasteiger partial charge in [-0.25, -0.2) is 18.4 Å². The molecule has 10 heteroatoms. The average molecular weight is 479 g/mol. The van der Waals surface area contributed by atoms with Gasteiger partial charge in [0.25, 0.3) is 0 Å². The SMILES string of the molecule is CC(c1ncc(OCCN2CCC3(CC2)C(=O)N(C)c2ccc(Cl)cc23)cn1)S(C)(=O)=O. The number of anilines is 1. The third-order valence-corrected chi connectivity index (χ3v) is 8.32. The molecule has 1 aromatic heterocycles. The van der Waals surface area contributed by atoms with Crippen LogP contribution in [0.25, 0.3) is 0 Å². The van der Waals surface area contributed by atoms with E-state index in [9.17, 15) is 13.2 Å². The molecule has 0 bridgehead atoms. The average Bonchev–Trinajstić information content (AvgIpc) is 2.96. The predicted octanol–water partition coefficient (Wildman–Crippen LogP) is 2.62. The summed E-state index contributed by atoms with van der Waals surface area (Å²) in [4.78, 5) is 25.4. The van der Waals surface area contributed by atoms with E-state index >= 15 is 0 Å². The zero-order valence-electron chi connectivity index (χ0n) is 18.4. The van der Waals surface area contributed by atoms with Crippen LogP contribution in [0.4, 0.5) is 5.69 Å². The van der Waals surface area contributed by atoms with E-state index in [2.05, 4.69) is 14.9 Å². The summed E-state index contributed by atoms with van der Waals surface area (Å²) < 4.78 is 29.0. The molecule has 2 aliphatic heterocycles. The van der Waals surface area contributed by atoms with E-state index in [1.165, 1.54) is 18.6 Å². The second-order valence-corrected chi connectivity index (χ2v) is 11.3. The van der Waals surface area contributed by atoms with Gasteiger partial charge in [0.2, 0.25) is 5.91 Å². The molecule has 1 atom stereocenters. The lowest BCUT2D eigenvalue weighted by atomic mass is 9.73. The monoisotopic (exact) mass is 478 g/mol. The maximum Gasteiger partial charge on any atom is 0.237 e. The Morgan fingerprint density at radius 1 is 1.22 bits per heavy atom. The standard InChI is InChI=1S/C22H27ClN4O4S/c1-15(32(3,29)30)20-24-13-17(14-25-20)31-11-10-27-8-6-22(7-9-27)18-12-16(23)4-5-19(18)26(2)21(22)28/h4-5,12-15H,6-11H2,1-3H3. The molecule has 32 heavy (non-hydrogen) atoms. The number of rotatable bonds is 6. The summed E-state index contributed by atoms with van der Waals surface area (Å²) >= 11 is 6.23. The van der Waals surface area contributed by atoms with Crippen LogP contribution in [-0.2, 0) is 20.0 Å². The van der Waals surface area contributed by atoms with Crippen LogP contribution in [0.1, 0.15) is 36.4 Å². The summed E-state index contributed by atoms with van der Waals surface area (Å²) in [5.41, 5.74) is 1.49. The number of sulfone groups is 1. The number of nitrogens with zero attached hydrogens (tertiary/aromatic N) is 4. The Morgan fingerprint density at radius 3 is 2.50 bits per heavy atom. The maximum absolute atomic E-state index is 13.1. The van der Waals surface area contributed by atoms with E-state index in [0.29, 0.717) is 23.9 Å². The molecule has 8 nitrogen and oxygen atoms in total. The van der Waals surface area contributed by atoms with Gasteiger partial charge in [-0.2, -0.15) is 0 Å². The lowest BCUT2D eigenvalue weighted by Crippen LogP contribution is -2.48. The molecule has 4 rings (SSSR count). The predicted molar refractivity (Wildman–Crippen MR) is 123 cm³/mol. The Kier molecular flexibility index (Phi) is 6.17. The highest BCUT2D eigenvalue weighted by Crippen LogP contribution is 2.48. The van der Waals surface area contributed by atoms with Crippen molar-refractivity contribution in [3.05, 3.63) is 47.0 Å². The second kappa shape index (κ2) is 8.61. The van der Waals surface area contributed by atoms with Gasteiger partial charge in [0, 0.05) is 30.6 Å². The maximum atomic E-state index is 13.1. The van der Waals surface area contributed by atoms with Crippen molar-refractivity contribution in [2.75, 3.05) is 44.4 Å². The van der Waals surface area contributed by atoms with Gasteiger partial charge in [-0.1, -0.05) is 11.6 Å². The molecule has 1 unspecified atom stereocenters. The number of amides is 1. The van der Waals surface area contributed by atoms with Crippen LogP contribution in [0, 0.1) is 0 Å². The van der Waals surface area contributed by atoms with Crippen molar-refractivity contribution in [1.29, 1.82) is 0 Å². The molecular formula is C22H27ClN4O4S. The van der Waals surface area contributed by atoms with Gasteiger partial charge in [0.1, 0.15) is 17.7 Å². The molecule has 2 aromatic rings. The third-order valence-electron chi connectivity index (χ3n) is 6.59. The highest BCUT2D eigenvalue weighted by molar-refractivity contribution is 7.90. The molecule has 0 saturated carbocycles. The Bertz CT molecular complexity index is 1120. The minimum Gasteiger partial charge on any atom is -0.489 e. The smallest absolute Gasteiger partial charge is 0.237 e. The van der Waals surface area contributed by atoms with Crippen LogP contribution in [0.5, 0.6) is 5.75 Å². The van der Waals surface area contributed by atoms with E-state index in [-0.39, 0.29) is 11.7 Å². The Morgan fingerprint density at radius 2 is 1.88 bits per heavy atom. The highest BCUT2D eigenvalue weighted by atomic mass is 35.5. The highest BCUT2D eigenvalue weighted by Gasteiger charge is 2.50. The molecule has 0 radical (unpaired) electrons. The fourth-order valence-corrected chi connectivity index (χ4v) is 5.14. The fourth-order valence-electron chi connectivity index (χ4n) is 4.47. The number of benzene rings is 1. The van der Waals surface area contributed by atoms with Gasteiger partial charge < -0.3 is 9.64 Å². The van der Waals surface area contributed by atoms with Gasteiger partial charge in [0.05, 0.1) is 17.8 Å². The molecule has 2 aliphatic rings. The lowest BCUT2D eigenvalue weighted by Gasteiger charge is -2.38. The lowest BCUT2D eigenvalue weighted by molar-refractivity contribution is -0.124. The number of ether oxygens (including phenoxy) is 1. The quantitative estimate of drug-likeness (QED) is 0.630. The minimum absolute atomic E-state index is 0.145. The number of carbonyl (C=O) groups excluding carboxylic acids is 1. The molecule has 1 spiro atoms. The minimum atomic E-state index is -3.25. The largest absolute Gasteiger partial charge is 0.489 e. The van der Waals surface area contributed by atoms with Crippen molar-refractivity contribution < 1.29 is 17.9 Å². The first-order valence-corrected chi connectivity index (χ1v) is 12.9. The molecule has 1 aromatic carbocycles. The van der Waals surface area contributed by atoms with Crippen molar-refractivity contribution in [3.63, 3.8) is 0 Å². The first-order chi connectivity index (χ1) is 15.1. The van der Waals surface area contributed by atoms with E-state index in [0.717, 1.165) is 37.2 Å². The van der Waals surface area contributed by atoms with Gasteiger partial charge in [-0.05, 0) is 56.6 Å². The number of carbonyl (C=O) groups is 1. The summed E-state index contributed by atoms with van der Waals surface area (Å²) in [7, 11) is -1.42. The summed E-state index contributed by atoms with van der Waals surface area (Å²) in [6, 6.07) is 5.69. The molecule has 1 saturated heterocycles. The zero-order valence-corrected chi connectivity index (χ0v) is 20.0. The molecule has 0 N–H and O–H groups in total. The molecule has 172 valence electrons. The number of piperidine rings is 1. The topological polar surface area (TPSA) is 92.7 Å².